The van der Waals surface area contributed by atoms with Gasteiger partial charge in [-0.05, 0) is 43.4 Å². The van der Waals surface area contributed by atoms with Crippen LogP contribution >= 0.6 is 0 Å². The van der Waals surface area contributed by atoms with Gasteiger partial charge in [0.15, 0.2) is 0 Å². The monoisotopic (exact) mass is 270 g/mol. The first-order chi connectivity index (χ1) is 9.69. The largest absolute Gasteiger partial charge is 0.353 e. The van der Waals surface area contributed by atoms with Crippen molar-refractivity contribution in [1.82, 2.24) is 5.32 Å². The third kappa shape index (κ3) is 4.09. The second kappa shape index (κ2) is 7.09. The fraction of sp³-hybridized carbons (Fsp3) is 0.529. The number of carbonyl (C=O) groups is 1. The van der Waals surface area contributed by atoms with Crippen molar-refractivity contribution in [3.63, 3.8) is 0 Å². The smallest absolute Gasteiger partial charge is 0.224 e. The summed E-state index contributed by atoms with van der Waals surface area (Å²) in [6.07, 6.45) is 6.78. The normalized spacial score (nSPS) is 17.2. The minimum Gasteiger partial charge on any atom is -0.353 e. The molecular formula is C17H22N2O. The maximum Gasteiger partial charge on any atom is 0.224 e. The highest BCUT2D eigenvalue weighted by Crippen LogP contribution is 2.26. The number of amides is 1. The Morgan fingerprint density at radius 2 is 1.95 bits per heavy atom. The summed E-state index contributed by atoms with van der Waals surface area (Å²) in [6.45, 7) is 2.12. The number of nitriles is 1. The second-order valence-corrected chi connectivity index (χ2v) is 5.74. The molecule has 2 rings (SSSR count). The van der Waals surface area contributed by atoms with E-state index in [9.17, 15) is 4.79 Å². The quantitative estimate of drug-likeness (QED) is 0.913. The van der Waals surface area contributed by atoms with Crippen molar-refractivity contribution in [2.24, 2.45) is 5.92 Å². The molecule has 0 radical (unpaired) electrons. The molecule has 0 spiro atoms. The molecule has 3 heteroatoms. The van der Waals surface area contributed by atoms with Gasteiger partial charge in [0.05, 0.1) is 18.1 Å². The second-order valence-electron chi connectivity index (χ2n) is 5.74. The van der Waals surface area contributed by atoms with E-state index in [1.165, 1.54) is 32.1 Å². The predicted molar refractivity (Wildman–Crippen MR) is 79.0 cm³/mol. The number of hydrogen-bond acceptors (Lipinski definition) is 2. The van der Waals surface area contributed by atoms with Crippen LogP contribution in [-0.2, 0) is 11.2 Å². The predicted octanol–water partition coefficient (Wildman–Crippen LogP) is 3.19. The van der Waals surface area contributed by atoms with Crippen LogP contribution in [-0.4, -0.2) is 11.9 Å². The van der Waals surface area contributed by atoms with Crippen LogP contribution in [0.1, 0.15) is 50.2 Å². The van der Waals surface area contributed by atoms with Gasteiger partial charge in [-0.2, -0.15) is 5.26 Å². The Morgan fingerprint density at radius 3 is 2.55 bits per heavy atom. The average molecular weight is 270 g/mol. The van der Waals surface area contributed by atoms with Crippen molar-refractivity contribution in [1.29, 1.82) is 5.26 Å². The van der Waals surface area contributed by atoms with Crippen molar-refractivity contribution in [2.45, 2.75) is 51.5 Å². The topological polar surface area (TPSA) is 52.9 Å². The molecule has 1 atom stereocenters. The summed E-state index contributed by atoms with van der Waals surface area (Å²) in [5.74, 6) is 0.710. The SMILES string of the molecule is CC(NC(=O)Cc1ccc(C#N)cc1)C1CCCCC1. The minimum atomic E-state index is 0.0766. The first-order valence-electron chi connectivity index (χ1n) is 7.47. The van der Waals surface area contributed by atoms with Crippen molar-refractivity contribution in [2.75, 3.05) is 0 Å². The van der Waals surface area contributed by atoms with E-state index < -0.39 is 0 Å². The molecule has 1 aromatic rings. The van der Waals surface area contributed by atoms with Crippen molar-refractivity contribution < 1.29 is 4.79 Å². The summed E-state index contributed by atoms with van der Waals surface area (Å²) in [5, 5.41) is 11.9. The van der Waals surface area contributed by atoms with Crippen LogP contribution in [0.4, 0.5) is 0 Å². The number of nitrogens with zero attached hydrogens (tertiary/aromatic N) is 1. The molecule has 1 amide bonds. The molecule has 1 aromatic carbocycles. The van der Waals surface area contributed by atoms with Gasteiger partial charge in [-0.1, -0.05) is 31.4 Å². The lowest BCUT2D eigenvalue weighted by Gasteiger charge is -2.28. The zero-order chi connectivity index (χ0) is 14.4. The lowest BCUT2D eigenvalue weighted by Crippen LogP contribution is -2.39. The number of benzene rings is 1. The standard InChI is InChI=1S/C17H22N2O/c1-13(16-5-3-2-4-6-16)19-17(20)11-14-7-9-15(12-18)10-8-14/h7-10,13,16H,2-6,11H2,1H3,(H,19,20). The third-order valence-electron chi connectivity index (χ3n) is 4.19. The van der Waals surface area contributed by atoms with E-state index in [0.29, 0.717) is 17.9 Å². The molecule has 0 heterocycles. The van der Waals surface area contributed by atoms with Gasteiger partial charge in [0.25, 0.3) is 0 Å². The Balaban J connectivity index is 1.83. The molecule has 0 bridgehead atoms. The molecule has 0 aromatic heterocycles. The third-order valence-corrected chi connectivity index (χ3v) is 4.19. The van der Waals surface area contributed by atoms with Crippen molar-refractivity contribution in [3.8, 4) is 6.07 Å². The van der Waals surface area contributed by atoms with E-state index in [2.05, 4.69) is 18.3 Å². The van der Waals surface area contributed by atoms with Gasteiger partial charge in [0.2, 0.25) is 5.91 Å². The van der Waals surface area contributed by atoms with Crippen LogP contribution in [0.5, 0.6) is 0 Å². The lowest BCUT2D eigenvalue weighted by atomic mass is 9.84. The summed E-state index contributed by atoms with van der Waals surface area (Å²) in [4.78, 5) is 12.0. The molecule has 1 fully saturated rings. The highest BCUT2D eigenvalue weighted by atomic mass is 16.1. The molecule has 20 heavy (non-hydrogen) atoms. The maximum atomic E-state index is 12.0. The molecule has 1 aliphatic carbocycles. The van der Waals surface area contributed by atoms with E-state index in [1.807, 2.05) is 12.1 Å². The van der Waals surface area contributed by atoms with E-state index in [0.717, 1.165) is 5.56 Å². The number of carbonyl (C=O) groups excluding carboxylic acids is 1. The van der Waals surface area contributed by atoms with Gasteiger partial charge in [-0.25, -0.2) is 0 Å². The Labute approximate surface area is 121 Å². The average Bonchev–Trinajstić information content (AvgIpc) is 2.49. The fourth-order valence-corrected chi connectivity index (χ4v) is 2.94. The van der Waals surface area contributed by atoms with Crippen LogP contribution in [0.3, 0.4) is 0 Å². The van der Waals surface area contributed by atoms with Gasteiger partial charge < -0.3 is 5.32 Å². The summed E-state index contributed by atoms with van der Waals surface area (Å²) < 4.78 is 0. The van der Waals surface area contributed by atoms with E-state index in [4.69, 9.17) is 5.26 Å². The Morgan fingerprint density at radius 1 is 1.30 bits per heavy atom. The van der Waals surface area contributed by atoms with E-state index in [1.54, 1.807) is 12.1 Å². The molecular weight excluding hydrogens is 248 g/mol. The van der Waals surface area contributed by atoms with Crippen LogP contribution in [0.15, 0.2) is 24.3 Å². The van der Waals surface area contributed by atoms with E-state index in [-0.39, 0.29) is 11.9 Å². The summed E-state index contributed by atoms with van der Waals surface area (Å²) >= 11 is 0. The van der Waals surface area contributed by atoms with Crippen LogP contribution in [0.2, 0.25) is 0 Å². The van der Waals surface area contributed by atoms with Gasteiger partial charge in [0, 0.05) is 6.04 Å². The fourth-order valence-electron chi connectivity index (χ4n) is 2.94. The van der Waals surface area contributed by atoms with Gasteiger partial charge in [-0.15, -0.1) is 0 Å². The zero-order valence-electron chi connectivity index (χ0n) is 12.1. The Bertz CT molecular complexity index is 481. The molecule has 0 aliphatic heterocycles. The highest BCUT2D eigenvalue weighted by Gasteiger charge is 2.21. The van der Waals surface area contributed by atoms with Gasteiger partial charge in [0.1, 0.15) is 0 Å². The minimum absolute atomic E-state index is 0.0766. The van der Waals surface area contributed by atoms with Crippen molar-refractivity contribution in [3.05, 3.63) is 35.4 Å². The van der Waals surface area contributed by atoms with Crippen LogP contribution in [0, 0.1) is 17.2 Å². The van der Waals surface area contributed by atoms with Gasteiger partial charge >= 0.3 is 0 Å². The molecule has 1 unspecified atom stereocenters. The number of nitrogens with one attached hydrogen (secondary N) is 1. The molecule has 1 saturated carbocycles. The van der Waals surface area contributed by atoms with E-state index >= 15 is 0 Å². The maximum absolute atomic E-state index is 12.0. The first-order valence-corrected chi connectivity index (χ1v) is 7.47. The van der Waals surface area contributed by atoms with Crippen LogP contribution < -0.4 is 5.32 Å². The molecule has 106 valence electrons. The molecule has 1 aliphatic rings. The number of hydrogen-bond donors (Lipinski definition) is 1. The Hall–Kier alpha value is -1.82. The lowest BCUT2D eigenvalue weighted by molar-refractivity contribution is -0.121. The number of rotatable bonds is 4. The molecule has 1 N–H and O–H groups in total. The van der Waals surface area contributed by atoms with Crippen molar-refractivity contribution >= 4 is 5.91 Å². The van der Waals surface area contributed by atoms with Gasteiger partial charge in [-0.3, -0.25) is 4.79 Å². The first kappa shape index (κ1) is 14.6. The molecule has 3 nitrogen and oxygen atoms in total. The summed E-state index contributed by atoms with van der Waals surface area (Å²) in [6, 6.07) is 9.56. The highest BCUT2D eigenvalue weighted by molar-refractivity contribution is 5.78. The molecule has 0 saturated heterocycles. The summed E-state index contributed by atoms with van der Waals surface area (Å²) in [5.41, 5.74) is 1.59. The summed E-state index contributed by atoms with van der Waals surface area (Å²) in [7, 11) is 0. The Kier molecular flexibility index (Phi) is 5.17. The zero-order valence-corrected chi connectivity index (χ0v) is 12.1. The van der Waals surface area contributed by atoms with Crippen LogP contribution in [0.25, 0.3) is 0 Å².